The SMILES string of the molecule is CC(C)(C)C(=O)C[C@@H](O)CCO. The number of carbonyl (C=O) groups is 1. The predicted octanol–water partition coefficient (Wildman–Crippen LogP) is 0.735. The van der Waals surface area contributed by atoms with E-state index in [9.17, 15) is 9.90 Å². The van der Waals surface area contributed by atoms with Gasteiger partial charge in [0.2, 0.25) is 0 Å². The third kappa shape index (κ3) is 4.46. The van der Waals surface area contributed by atoms with Crippen molar-refractivity contribution in [1.82, 2.24) is 0 Å². The Labute approximate surface area is 73.4 Å². The lowest BCUT2D eigenvalue weighted by Crippen LogP contribution is -2.25. The molecule has 12 heavy (non-hydrogen) atoms. The molecule has 3 nitrogen and oxygen atoms in total. The van der Waals surface area contributed by atoms with Crippen LogP contribution in [0, 0.1) is 5.41 Å². The minimum Gasteiger partial charge on any atom is -0.396 e. The van der Waals surface area contributed by atoms with Crippen molar-refractivity contribution in [2.45, 2.75) is 39.7 Å². The molecule has 0 aromatic heterocycles. The van der Waals surface area contributed by atoms with Gasteiger partial charge in [-0.3, -0.25) is 4.79 Å². The zero-order chi connectivity index (χ0) is 9.78. The van der Waals surface area contributed by atoms with E-state index >= 15 is 0 Å². The standard InChI is InChI=1S/C9H18O3/c1-9(2,3)8(12)6-7(11)4-5-10/h7,10-11H,4-6H2,1-3H3/t7-/m0/s1. The Hall–Kier alpha value is -0.410. The van der Waals surface area contributed by atoms with E-state index in [1.165, 1.54) is 0 Å². The molecule has 0 heterocycles. The second-order valence-electron chi connectivity index (χ2n) is 4.04. The van der Waals surface area contributed by atoms with Gasteiger partial charge in [0.05, 0.1) is 6.10 Å². The van der Waals surface area contributed by atoms with Gasteiger partial charge in [-0.05, 0) is 6.42 Å². The number of aliphatic hydroxyl groups is 2. The van der Waals surface area contributed by atoms with E-state index in [0.717, 1.165) is 0 Å². The Morgan fingerprint density at radius 1 is 1.42 bits per heavy atom. The van der Waals surface area contributed by atoms with Gasteiger partial charge in [-0.25, -0.2) is 0 Å². The molecule has 0 aliphatic heterocycles. The van der Waals surface area contributed by atoms with Gasteiger partial charge < -0.3 is 10.2 Å². The van der Waals surface area contributed by atoms with E-state index in [4.69, 9.17) is 5.11 Å². The Bertz CT molecular complexity index is 146. The molecule has 0 unspecified atom stereocenters. The van der Waals surface area contributed by atoms with Gasteiger partial charge in [0, 0.05) is 18.4 Å². The van der Waals surface area contributed by atoms with Crippen molar-refractivity contribution < 1.29 is 15.0 Å². The fourth-order valence-corrected chi connectivity index (χ4v) is 0.771. The minimum absolute atomic E-state index is 0.0310. The lowest BCUT2D eigenvalue weighted by Gasteiger charge is -2.18. The fraction of sp³-hybridized carbons (Fsp3) is 0.889. The molecule has 0 aliphatic rings. The van der Waals surface area contributed by atoms with Crippen molar-refractivity contribution in [3.05, 3.63) is 0 Å². The van der Waals surface area contributed by atoms with E-state index in [1.54, 1.807) is 0 Å². The first kappa shape index (κ1) is 11.6. The Morgan fingerprint density at radius 2 is 1.92 bits per heavy atom. The van der Waals surface area contributed by atoms with Crippen LogP contribution in [-0.2, 0) is 4.79 Å². The largest absolute Gasteiger partial charge is 0.396 e. The molecule has 0 rings (SSSR count). The summed E-state index contributed by atoms with van der Waals surface area (Å²) in [4.78, 5) is 11.3. The molecule has 2 N–H and O–H groups in total. The van der Waals surface area contributed by atoms with E-state index in [2.05, 4.69) is 0 Å². The number of Topliss-reactive ketones (excluding diaryl/α,β-unsaturated/α-hetero) is 1. The lowest BCUT2D eigenvalue weighted by molar-refractivity contribution is -0.128. The maximum atomic E-state index is 11.3. The monoisotopic (exact) mass is 174 g/mol. The summed E-state index contributed by atoms with van der Waals surface area (Å²) in [6.07, 6.45) is -0.270. The van der Waals surface area contributed by atoms with Crippen LogP contribution in [-0.4, -0.2) is 28.7 Å². The molecule has 0 radical (unpaired) electrons. The molecular weight excluding hydrogens is 156 g/mol. The maximum absolute atomic E-state index is 11.3. The van der Waals surface area contributed by atoms with Crippen LogP contribution in [0.1, 0.15) is 33.6 Å². The summed E-state index contributed by atoms with van der Waals surface area (Å²) in [7, 11) is 0. The van der Waals surface area contributed by atoms with Crippen LogP contribution in [0.3, 0.4) is 0 Å². The minimum atomic E-state index is -0.693. The zero-order valence-electron chi connectivity index (χ0n) is 8.00. The number of hydrogen-bond acceptors (Lipinski definition) is 3. The lowest BCUT2D eigenvalue weighted by atomic mass is 9.87. The number of ketones is 1. The quantitative estimate of drug-likeness (QED) is 0.660. The summed E-state index contributed by atoms with van der Waals surface area (Å²) in [5, 5.41) is 17.7. The molecule has 1 atom stereocenters. The first-order chi connectivity index (χ1) is 5.38. The van der Waals surface area contributed by atoms with Crippen molar-refractivity contribution in [3.8, 4) is 0 Å². The van der Waals surface area contributed by atoms with Crippen molar-refractivity contribution in [3.63, 3.8) is 0 Å². The molecule has 0 fully saturated rings. The Morgan fingerprint density at radius 3 is 2.25 bits per heavy atom. The van der Waals surface area contributed by atoms with Crippen molar-refractivity contribution in [2.24, 2.45) is 5.41 Å². The van der Waals surface area contributed by atoms with E-state index in [1.807, 2.05) is 20.8 Å². The molecule has 0 spiro atoms. The Kier molecular flexibility index (Phi) is 4.42. The zero-order valence-corrected chi connectivity index (χ0v) is 8.00. The number of aliphatic hydroxyl groups excluding tert-OH is 2. The van der Waals surface area contributed by atoms with E-state index in [-0.39, 0.29) is 25.2 Å². The second kappa shape index (κ2) is 4.58. The van der Waals surface area contributed by atoms with E-state index < -0.39 is 11.5 Å². The molecule has 0 saturated carbocycles. The van der Waals surface area contributed by atoms with Crippen LogP contribution in [0.4, 0.5) is 0 Å². The molecule has 72 valence electrons. The molecule has 0 aromatic carbocycles. The van der Waals surface area contributed by atoms with Crippen molar-refractivity contribution >= 4 is 5.78 Å². The highest BCUT2D eigenvalue weighted by Crippen LogP contribution is 2.18. The van der Waals surface area contributed by atoms with Crippen LogP contribution in [0.2, 0.25) is 0 Å². The Balaban J connectivity index is 3.85. The summed E-state index contributed by atoms with van der Waals surface area (Å²) in [5.41, 5.74) is -0.392. The average molecular weight is 174 g/mol. The summed E-state index contributed by atoms with van der Waals surface area (Å²) in [6.45, 7) is 5.39. The number of carbonyl (C=O) groups excluding carboxylic acids is 1. The highest BCUT2D eigenvalue weighted by Gasteiger charge is 2.23. The van der Waals surface area contributed by atoms with Gasteiger partial charge in [0.15, 0.2) is 0 Å². The first-order valence-electron chi connectivity index (χ1n) is 4.20. The molecule has 0 aliphatic carbocycles. The van der Waals surface area contributed by atoms with Gasteiger partial charge in [-0.1, -0.05) is 20.8 Å². The number of rotatable bonds is 4. The maximum Gasteiger partial charge on any atom is 0.140 e. The molecule has 0 aromatic rings. The summed E-state index contributed by atoms with van der Waals surface area (Å²) in [6, 6.07) is 0. The highest BCUT2D eigenvalue weighted by atomic mass is 16.3. The smallest absolute Gasteiger partial charge is 0.140 e. The molecule has 0 bridgehead atoms. The summed E-state index contributed by atoms with van der Waals surface area (Å²) in [5.74, 6) is 0.0310. The van der Waals surface area contributed by atoms with Gasteiger partial charge >= 0.3 is 0 Å². The van der Waals surface area contributed by atoms with Gasteiger partial charge in [0.25, 0.3) is 0 Å². The topological polar surface area (TPSA) is 57.5 Å². The fourth-order valence-electron chi connectivity index (χ4n) is 0.771. The molecule has 0 saturated heterocycles. The van der Waals surface area contributed by atoms with Crippen LogP contribution in [0.5, 0.6) is 0 Å². The third-order valence-electron chi connectivity index (χ3n) is 1.72. The van der Waals surface area contributed by atoms with Crippen LogP contribution in [0.25, 0.3) is 0 Å². The number of hydrogen-bond donors (Lipinski definition) is 2. The molecular formula is C9H18O3. The summed E-state index contributed by atoms with van der Waals surface area (Å²) >= 11 is 0. The van der Waals surface area contributed by atoms with Crippen molar-refractivity contribution in [1.29, 1.82) is 0 Å². The average Bonchev–Trinajstić information content (AvgIpc) is 1.85. The normalized spacial score (nSPS) is 14.4. The van der Waals surface area contributed by atoms with Crippen LogP contribution in [0.15, 0.2) is 0 Å². The van der Waals surface area contributed by atoms with E-state index in [0.29, 0.717) is 0 Å². The molecule has 3 heteroatoms. The molecule has 0 amide bonds. The van der Waals surface area contributed by atoms with Crippen LogP contribution < -0.4 is 0 Å². The van der Waals surface area contributed by atoms with Crippen LogP contribution >= 0.6 is 0 Å². The first-order valence-corrected chi connectivity index (χ1v) is 4.20. The summed E-state index contributed by atoms with van der Waals surface area (Å²) < 4.78 is 0. The van der Waals surface area contributed by atoms with Gasteiger partial charge in [-0.2, -0.15) is 0 Å². The highest BCUT2D eigenvalue weighted by molar-refractivity contribution is 5.83. The van der Waals surface area contributed by atoms with Gasteiger partial charge in [0.1, 0.15) is 5.78 Å². The van der Waals surface area contributed by atoms with Gasteiger partial charge in [-0.15, -0.1) is 0 Å². The second-order valence-corrected chi connectivity index (χ2v) is 4.04. The van der Waals surface area contributed by atoms with Crippen molar-refractivity contribution in [2.75, 3.05) is 6.61 Å². The third-order valence-corrected chi connectivity index (χ3v) is 1.72. The predicted molar refractivity (Wildman–Crippen MR) is 46.8 cm³/mol.